The lowest BCUT2D eigenvalue weighted by molar-refractivity contribution is -0.152. The van der Waals surface area contributed by atoms with Gasteiger partial charge >= 0.3 is 5.97 Å². The summed E-state index contributed by atoms with van der Waals surface area (Å²) in [5.74, 6) is -4.73. The Morgan fingerprint density at radius 2 is 1.79 bits per heavy atom. The Morgan fingerprint density at radius 3 is 2.35 bits per heavy atom. The van der Waals surface area contributed by atoms with Crippen LogP contribution >= 0.6 is 0 Å². The van der Waals surface area contributed by atoms with Gasteiger partial charge in [-0.05, 0) is 55.7 Å². The summed E-state index contributed by atoms with van der Waals surface area (Å²) in [5, 5.41) is 12.0. The molecule has 0 saturated heterocycles. The second kappa shape index (κ2) is 11.0. The summed E-state index contributed by atoms with van der Waals surface area (Å²) in [5.41, 5.74) is -0.717. The average Bonchev–Trinajstić information content (AvgIpc) is 2.85. The van der Waals surface area contributed by atoms with Gasteiger partial charge < -0.3 is 19.9 Å². The summed E-state index contributed by atoms with van der Waals surface area (Å²) in [7, 11) is 1.51. The predicted octanol–water partition coefficient (Wildman–Crippen LogP) is 5.15. The molecule has 2 aliphatic rings. The normalized spacial score (nSPS) is 25.2. The molecule has 0 bridgehead atoms. The molecule has 0 aromatic heterocycles. The molecule has 186 valence electrons. The molecule has 1 amide bonds. The summed E-state index contributed by atoms with van der Waals surface area (Å²) >= 11 is 0. The molecule has 9 heteroatoms. The number of hydrogen-bond donors (Lipinski definition) is 2. The molecule has 6 nitrogen and oxygen atoms in total. The number of ether oxygens (including phenoxy) is 2. The number of carboxylic acids is 1. The van der Waals surface area contributed by atoms with Crippen molar-refractivity contribution in [3.05, 3.63) is 52.8 Å². The molecule has 3 rings (SSSR count). The molecule has 2 N–H and O–H groups in total. The van der Waals surface area contributed by atoms with Crippen molar-refractivity contribution in [2.24, 2.45) is 11.3 Å². The summed E-state index contributed by atoms with van der Waals surface area (Å²) in [6, 6.07) is 6.64. The maximum absolute atomic E-state index is 14.6. The fourth-order valence-corrected chi connectivity index (χ4v) is 4.47. The Morgan fingerprint density at radius 1 is 1.15 bits per heavy atom. The van der Waals surface area contributed by atoms with Gasteiger partial charge in [-0.25, -0.2) is 8.78 Å². The number of hydrogen-bond acceptors (Lipinski definition) is 4. The first kappa shape index (κ1) is 25.6. The van der Waals surface area contributed by atoms with Crippen molar-refractivity contribution in [3.8, 4) is 5.75 Å². The van der Waals surface area contributed by atoms with Gasteiger partial charge in [0, 0.05) is 13.0 Å². The number of carbonyl (C=O) groups excluding carboxylic acids is 1. The van der Waals surface area contributed by atoms with Crippen LogP contribution in [0, 0.1) is 11.3 Å². The Labute approximate surface area is 196 Å². The molecule has 0 heterocycles. The van der Waals surface area contributed by atoms with Gasteiger partial charge in [0.25, 0.3) is 0 Å². The Hall–Kier alpha value is -2.97. The zero-order valence-corrected chi connectivity index (χ0v) is 19.3. The van der Waals surface area contributed by atoms with E-state index in [9.17, 15) is 27.9 Å². The van der Waals surface area contributed by atoms with Crippen LogP contribution in [-0.4, -0.2) is 36.8 Å². The zero-order valence-electron chi connectivity index (χ0n) is 19.3. The van der Waals surface area contributed by atoms with E-state index >= 15 is 0 Å². The molecule has 1 atom stereocenters. The van der Waals surface area contributed by atoms with Crippen molar-refractivity contribution in [2.45, 2.75) is 58.2 Å². The van der Waals surface area contributed by atoms with Crippen LogP contribution < -0.4 is 10.1 Å². The summed E-state index contributed by atoms with van der Waals surface area (Å²) in [6.07, 6.45) is 0.104. The van der Waals surface area contributed by atoms with Crippen molar-refractivity contribution >= 4 is 11.9 Å². The Kier molecular flexibility index (Phi) is 8.28. The van der Waals surface area contributed by atoms with Crippen molar-refractivity contribution in [3.63, 3.8) is 0 Å². The molecule has 2 aliphatic carbocycles. The molecular formula is C25H30F3NO5. The number of amides is 1. The lowest BCUT2D eigenvalue weighted by Crippen LogP contribution is -2.39. The fourth-order valence-electron chi connectivity index (χ4n) is 4.47. The third kappa shape index (κ3) is 5.56. The van der Waals surface area contributed by atoms with Gasteiger partial charge in [0.2, 0.25) is 5.91 Å². The van der Waals surface area contributed by atoms with Gasteiger partial charge in [0.05, 0.1) is 18.1 Å². The first-order valence-corrected chi connectivity index (χ1v) is 11.4. The number of nitrogens with one attached hydrogen (secondary N) is 1. The van der Waals surface area contributed by atoms with Crippen LogP contribution in [0.2, 0.25) is 0 Å². The van der Waals surface area contributed by atoms with E-state index in [1.54, 1.807) is 24.3 Å². The zero-order chi connectivity index (χ0) is 24.9. The number of alkyl halides is 1. The third-order valence-corrected chi connectivity index (χ3v) is 6.91. The highest BCUT2D eigenvalue weighted by molar-refractivity contribution is 5.95. The molecule has 1 aromatic carbocycles. The van der Waals surface area contributed by atoms with E-state index in [0.29, 0.717) is 43.4 Å². The molecule has 1 fully saturated rings. The molecule has 0 radical (unpaired) electrons. The number of aliphatic carboxylic acids is 1. The van der Waals surface area contributed by atoms with Crippen LogP contribution in [0.3, 0.4) is 0 Å². The minimum Gasteiger partial charge on any atom is -0.497 e. The van der Waals surface area contributed by atoms with E-state index < -0.39 is 52.9 Å². The van der Waals surface area contributed by atoms with E-state index in [2.05, 4.69) is 5.32 Å². The number of rotatable bonds is 9. The molecule has 0 aliphatic heterocycles. The summed E-state index contributed by atoms with van der Waals surface area (Å²) < 4.78 is 54.0. The highest BCUT2D eigenvalue weighted by atomic mass is 19.2. The van der Waals surface area contributed by atoms with Crippen LogP contribution in [0.5, 0.6) is 5.75 Å². The molecule has 34 heavy (non-hydrogen) atoms. The van der Waals surface area contributed by atoms with Gasteiger partial charge in [-0.15, -0.1) is 0 Å². The second-order valence-electron chi connectivity index (χ2n) is 8.87. The molecule has 1 saturated carbocycles. The largest absolute Gasteiger partial charge is 0.497 e. The van der Waals surface area contributed by atoms with E-state index in [1.807, 2.05) is 6.92 Å². The van der Waals surface area contributed by atoms with E-state index in [1.165, 1.54) is 7.11 Å². The van der Waals surface area contributed by atoms with Crippen LogP contribution in [0.15, 0.2) is 47.3 Å². The number of benzene rings is 1. The Balaban J connectivity index is 1.59. The lowest BCUT2D eigenvalue weighted by atomic mass is 9.69. The molecular weight excluding hydrogens is 451 g/mol. The number of allylic oxidation sites excluding steroid dienone is 3. The van der Waals surface area contributed by atoms with Crippen LogP contribution in [0.25, 0.3) is 0 Å². The minimum atomic E-state index is -1.99. The highest BCUT2D eigenvalue weighted by Gasteiger charge is 2.40. The maximum atomic E-state index is 14.6. The smallest absolute Gasteiger partial charge is 0.309 e. The second-order valence-corrected chi connectivity index (χ2v) is 8.87. The minimum absolute atomic E-state index is 0.0279. The highest BCUT2D eigenvalue weighted by Crippen LogP contribution is 2.42. The van der Waals surface area contributed by atoms with Crippen molar-refractivity contribution in [1.29, 1.82) is 0 Å². The van der Waals surface area contributed by atoms with Gasteiger partial charge in [0.1, 0.15) is 12.4 Å². The SMILES string of the molecule is CCC1(C(=O)O)CCC(CNC(=O)C2=C(F)C(F)=C(OCc3ccc(OC)cc3)C(F)C2)CC1. The number of methoxy groups -OCH3 is 1. The lowest BCUT2D eigenvalue weighted by Gasteiger charge is -2.36. The molecule has 1 aromatic rings. The van der Waals surface area contributed by atoms with Crippen molar-refractivity contribution < 1.29 is 37.3 Å². The molecule has 0 spiro atoms. The van der Waals surface area contributed by atoms with Crippen LogP contribution in [0.4, 0.5) is 13.2 Å². The predicted molar refractivity (Wildman–Crippen MR) is 119 cm³/mol. The average molecular weight is 482 g/mol. The maximum Gasteiger partial charge on any atom is 0.309 e. The first-order valence-electron chi connectivity index (χ1n) is 11.4. The van der Waals surface area contributed by atoms with E-state index in [0.717, 1.165) is 0 Å². The van der Waals surface area contributed by atoms with E-state index in [-0.39, 0.29) is 19.1 Å². The molecule has 1 unspecified atom stereocenters. The standard InChI is InChI=1S/C25H30F3NO5/c1-3-25(24(31)32)10-8-15(9-11-25)13-29-23(30)18-12-19(26)22(21(28)20(18)27)34-14-16-4-6-17(33-2)7-5-16/h4-7,15,19H,3,8-14H2,1-2H3,(H,29,30)(H,31,32). The number of carbonyl (C=O) groups is 2. The third-order valence-electron chi connectivity index (χ3n) is 6.91. The van der Waals surface area contributed by atoms with Gasteiger partial charge in [0.15, 0.2) is 23.6 Å². The van der Waals surface area contributed by atoms with Crippen LogP contribution in [0.1, 0.15) is 51.0 Å². The number of carboxylic acid groups (broad SMARTS) is 1. The topological polar surface area (TPSA) is 84.9 Å². The fraction of sp³-hybridized carbons (Fsp3) is 0.520. The van der Waals surface area contributed by atoms with Crippen LogP contribution in [-0.2, 0) is 20.9 Å². The summed E-state index contributed by atoms with van der Waals surface area (Å²) in [6.45, 7) is 1.87. The van der Waals surface area contributed by atoms with Gasteiger partial charge in [-0.3, -0.25) is 9.59 Å². The van der Waals surface area contributed by atoms with Crippen molar-refractivity contribution in [1.82, 2.24) is 5.32 Å². The monoisotopic (exact) mass is 481 g/mol. The van der Waals surface area contributed by atoms with Gasteiger partial charge in [-0.2, -0.15) is 4.39 Å². The summed E-state index contributed by atoms with van der Waals surface area (Å²) in [4.78, 5) is 24.0. The van der Waals surface area contributed by atoms with E-state index in [4.69, 9.17) is 9.47 Å². The van der Waals surface area contributed by atoms with Crippen molar-refractivity contribution in [2.75, 3.05) is 13.7 Å². The Bertz CT molecular complexity index is 965. The first-order chi connectivity index (χ1) is 16.2. The van der Waals surface area contributed by atoms with Gasteiger partial charge in [-0.1, -0.05) is 19.1 Å². The quantitative estimate of drug-likeness (QED) is 0.510. The number of halogens is 3.